The number of aliphatic hydroxyl groups is 1. The van der Waals surface area contributed by atoms with Crippen molar-refractivity contribution in [3.8, 4) is 0 Å². The average molecular weight is 296 g/mol. The van der Waals surface area contributed by atoms with Crippen molar-refractivity contribution in [2.45, 2.75) is 39.0 Å². The molecule has 1 aliphatic heterocycles. The molecule has 0 amide bonds. The van der Waals surface area contributed by atoms with Crippen LogP contribution in [0.15, 0.2) is 18.2 Å². The van der Waals surface area contributed by atoms with Crippen molar-refractivity contribution in [2.75, 3.05) is 31.1 Å². The molecule has 0 radical (unpaired) electrons. The zero-order valence-electron chi connectivity index (χ0n) is 12.8. The zero-order chi connectivity index (χ0) is 15.2. The summed E-state index contributed by atoms with van der Waals surface area (Å²) in [5, 5.41) is 12.6. The zero-order valence-corrected chi connectivity index (χ0v) is 12.8. The van der Waals surface area contributed by atoms with Gasteiger partial charge >= 0.3 is 0 Å². The van der Waals surface area contributed by atoms with Crippen LogP contribution in [0.5, 0.6) is 0 Å². The van der Waals surface area contributed by atoms with E-state index in [1.807, 2.05) is 17.9 Å². The highest BCUT2D eigenvalue weighted by molar-refractivity contribution is 5.55. The van der Waals surface area contributed by atoms with Gasteiger partial charge in [0, 0.05) is 19.6 Å². The van der Waals surface area contributed by atoms with E-state index in [-0.39, 0.29) is 24.6 Å². The molecule has 0 aliphatic carbocycles. The number of nitrogens with zero attached hydrogens (tertiary/aromatic N) is 1. The molecule has 2 unspecified atom stereocenters. The van der Waals surface area contributed by atoms with Crippen LogP contribution >= 0.6 is 0 Å². The van der Waals surface area contributed by atoms with Gasteiger partial charge in [0.25, 0.3) is 0 Å². The molecule has 2 N–H and O–H groups in total. The summed E-state index contributed by atoms with van der Waals surface area (Å²) in [6.07, 6.45) is 0.767. The molecule has 0 saturated carbocycles. The Labute approximate surface area is 125 Å². The molecule has 21 heavy (non-hydrogen) atoms. The molecule has 1 aliphatic rings. The first-order valence-electron chi connectivity index (χ1n) is 7.65. The number of aliphatic hydroxyl groups excluding tert-OH is 1. The van der Waals surface area contributed by atoms with Crippen molar-refractivity contribution in [1.82, 2.24) is 5.32 Å². The second kappa shape index (κ2) is 7.73. The van der Waals surface area contributed by atoms with Crippen LogP contribution in [0.1, 0.15) is 25.8 Å². The van der Waals surface area contributed by atoms with Gasteiger partial charge in [-0.05, 0) is 31.5 Å². The monoisotopic (exact) mass is 296 g/mol. The van der Waals surface area contributed by atoms with Gasteiger partial charge in [-0.25, -0.2) is 4.39 Å². The van der Waals surface area contributed by atoms with E-state index < -0.39 is 0 Å². The number of nitrogens with one attached hydrogen (secondary N) is 1. The Morgan fingerprint density at radius 1 is 1.43 bits per heavy atom. The SMILES string of the molecule is CCCNCc1cccc(F)c1N1CC(C)OC(CO)C1. The quantitative estimate of drug-likeness (QED) is 0.787. The van der Waals surface area contributed by atoms with Gasteiger partial charge in [0.1, 0.15) is 5.82 Å². The molecule has 2 atom stereocenters. The third-order valence-corrected chi connectivity index (χ3v) is 3.66. The van der Waals surface area contributed by atoms with E-state index in [9.17, 15) is 9.50 Å². The summed E-state index contributed by atoms with van der Waals surface area (Å²) in [5.41, 5.74) is 1.59. The second-order valence-electron chi connectivity index (χ2n) is 5.58. The molecular weight excluding hydrogens is 271 g/mol. The molecule has 0 spiro atoms. The molecule has 4 nitrogen and oxygen atoms in total. The van der Waals surface area contributed by atoms with Gasteiger partial charge in [-0.1, -0.05) is 19.1 Å². The second-order valence-corrected chi connectivity index (χ2v) is 5.58. The molecule has 2 rings (SSSR count). The van der Waals surface area contributed by atoms with Crippen molar-refractivity contribution in [2.24, 2.45) is 0 Å². The predicted molar refractivity (Wildman–Crippen MR) is 82.0 cm³/mol. The van der Waals surface area contributed by atoms with Gasteiger partial charge < -0.3 is 20.1 Å². The number of morpholine rings is 1. The lowest BCUT2D eigenvalue weighted by molar-refractivity contribution is -0.0422. The molecule has 0 aromatic heterocycles. The van der Waals surface area contributed by atoms with E-state index in [2.05, 4.69) is 12.2 Å². The number of hydrogen-bond acceptors (Lipinski definition) is 4. The van der Waals surface area contributed by atoms with E-state index in [4.69, 9.17) is 4.74 Å². The Bertz CT molecular complexity index is 456. The van der Waals surface area contributed by atoms with Gasteiger partial charge in [0.2, 0.25) is 0 Å². The summed E-state index contributed by atoms with van der Waals surface area (Å²) in [7, 11) is 0. The van der Waals surface area contributed by atoms with Crippen LogP contribution in [0, 0.1) is 5.82 Å². The maximum Gasteiger partial charge on any atom is 0.146 e. The topological polar surface area (TPSA) is 44.7 Å². The number of rotatable bonds is 6. The fraction of sp³-hybridized carbons (Fsp3) is 0.625. The van der Waals surface area contributed by atoms with Crippen LogP contribution in [0.25, 0.3) is 0 Å². The number of benzene rings is 1. The van der Waals surface area contributed by atoms with E-state index in [1.54, 1.807) is 6.07 Å². The van der Waals surface area contributed by atoms with Gasteiger partial charge in [-0.15, -0.1) is 0 Å². The van der Waals surface area contributed by atoms with Gasteiger partial charge in [0.05, 0.1) is 24.5 Å². The number of para-hydroxylation sites is 1. The Hall–Kier alpha value is -1.17. The minimum Gasteiger partial charge on any atom is -0.394 e. The van der Waals surface area contributed by atoms with E-state index in [0.717, 1.165) is 18.5 Å². The van der Waals surface area contributed by atoms with Crippen LogP contribution in [0.2, 0.25) is 0 Å². The fourth-order valence-electron chi connectivity index (χ4n) is 2.79. The van der Waals surface area contributed by atoms with Gasteiger partial charge in [-0.2, -0.15) is 0 Å². The van der Waals surface area contributed by atoms with Crippen molar-refractivity contribution in [1.29, 1.82) is 0 Å². The average Bonchev–Trinajstić information content (AvgIpc) is 2.47. The Morgan fingerprint density at radius 2 is 2.24 bits per heavy atom. The highest BCUT2D eigenvalue weighted by Crippen LogP contribution is 2.27. The number of ether oxygens (including phenoxy) is 1. The van der Waals surface area contributed by atoms with E-state index in [1.165, 1.54) is 6.07 Å². The molecular formula is C16H25FN2O2. The predicted octanol–water partition coefficient (Wildman–Crippen LogP) is 1.91. The largest absolute Gasteiger partial charge is 0.394 e. The van der Waals surface area contributed by atoms with Crippen molar-refractivity contribution < 1.29 is 14.2 Å². The van der Waals surface area contributed by atoms with Crippen molar-refractivity contribution in [3.05, 3.63) is 29.6 Å². The van der Waals surface area contributed by atoms with E-state index in [0.29, 0.717) is 25.3 Å². The maximum absolute atomic E-state index is 14.3. The molecule has 1 aromatic carbocycles. The fourth-order valence-corrected chi connectivity index (χ4v) is 2.79. The maximum atomic E-state index is 14.3. The smallest absolute Gasteiger partial charge is 0.146 e. The van der Waals surface area contributed by atoms with Crippen LogP contribution in [-0.2, 0) is 11.3 Å². The Morgan fingerprint density at radius 3 is 2.95 bits per heavy atom. The standard InChI is InChI=1S/C16H25FN2O2/c1-3-7-18-8-13-5-4-6-15(17)16(13)19-9-12(2)21-14(10-19)11-20/h4-6,12,14,18,20H,3,7-11H2,1-2H3. The van der Waals surface area contributed by atoms with Crippen LogP contribution in [0.4, 0.5) is 10.1 Å². The van der Waals surface area contributed by atoms with Crippen molar-refractivity contribution in [3.63, 3.8) is 0 Å². The summed E-state index contributed by atoms with van der Waals surface area (Å²) in [6, 6.07) is 5.19. The lowest BCUT2D eigenvalue weighted by Gasteiger charge is -2.38. The first kappa shape index (κ1) is 16.2. The molecule has 1 heterocycles. The first-order chi connectivity index (χ1) is 10.2. The third-order valence-electron chi connectivity index (χ3n) is 3.66. The number of hydrogen-bond donors (Lipinski definition) is 2. The lowest BCUT2D eigenvalue weighted by atomic mass is 10.1. The van der Waals surface area contributed by atoms with Crippen LogP contribution < -0.4 is 10.2 Å². The molecule has 118 valence electrons. The highest BCUT2D eigenvalue weighted by Gasteiger charge is 2.27. The van der Waals surface area contributed by atoms with Gasteiger partial charge in [0.15, 0.2) is 0 Å². The first-order valence-corrected chi connectivity index (χ1v) is 7.65. The number of anilines is 1. The van der Waals surface area contributed by atoms with Gasteiger partial charge in [-0.3, -0.25) is 0 Å². The molecule has 1 saturated heterocycles. The molecule has 1 aromatic rings. The Balaban J connectivity index is 2.20. The third kappa shape index (κ3) is 4.15. The van der Waals surface area contributed by atoms with Crippen LogP contribution in [0.3, 0.4) is 0 Å². The summed E-state index contributed by atoms with van der Waals surface area (Å²) >= 11 is 0. The summed E-state index contributed by atoms with van der Waals surface area (Å²) in [6.45, 7) is 6.73. The lowest BCUT2D eigenvalue weighted by Crippen LogP contribution is -2.48. The Kier molecular flexibility index (Phi) is 5.96. The summed E-state index contributed by atoms with van der Waals surface area (Å²) < 4.78 is 20.0. The molecule has 1 fully saturated rings. The minimum atomic E-state index is -0.259. The van der Waals surface area contributed by atoms with E-state index >= 15 is 0 Å². The van der Waals surface area contributed by atoms with Crippen molar-refractivity contribution >= 4 is 5.69 Å². The molecule has 5 heteroatoms. The minimum absolute atomic E-state index is 0.0213. The van der Waals surface area contributed by atoms with Crippen LogP contribution in [-0.4, -0.2) is 43.6 Å². The number of halogens is 1. The summed E-state index contributed by atoms with van der Waals surface area (Å²) in [4.78, 5) is 1.99. The molecule has 0 bridgehead atoms. The highest BCUT2D eigenvalue weighted by atomic mass is 19.1. The summed E-state index contributed by atoms with van der Waals surface area (Å²) in [5.74, 6) is -0.211. The normalized spacial score (nSPS) is 22.6.